The normalized spacial score (nSPS) is 11.8. The standard InChI is InChI=1S/C60H37NOS2/c1-5-16-38(17-6-1)42-28-30-49-55(36-42)64-60-46(41-22-11-4-12-23-41)32-34-51(56(49)60)61(43-29-31-48-47-24-13-14-27-52(47)62-53(48)37-43)58-44(39-18-7-2-8-19-39)33-35-54-57(58)50-26-15-25-45(59(50)63-54)40-20-9-3-10-21-40/h1-37H. The zero-order valence-corrected chi connectivity index (χ0v) is 36.2. The highest BCUT2D eigenvalue weighted by Gasteiger charge is 2.28. The van der Waals surface area contributed by atoms with Crippen molar-refractivity contribution in [3.63, 3.8) is 0 Å². The Labute approximate surface area is 378 Å². The van der Waals surface area contributed by atoms with E-state index in [2.05, 4.69) is 223 Å². The fourth-order valence-electron chi connectivity index (χ4n) is 9.75. The van der Waals surface area contributed by atoms with E-state index in [1.165, 1.54) is 73.7 Å². The van der Waals surface area contributed by atoms with Crippen LogP contribution < -0.4 is 4.90 Å². The number of hydrogen-bond acceptors (Lipinski definition) is 4. The van der Waals surface area contributed by atoms with Crippen LogP contribution in [0, 0.1) is 0 Å². The van der Waals surface area contributed by atoms with Gasteiger partial charge in [-0.3, -0.25) is 0 Å². The Kier molecular flexibility index (Phi) is 8.61. The van der Waals surface area contributed by atoms with Crippen molar-refractivity contribution in [2.45, 2.75) is 0 Å². The minimum absolute atomic E-state index is 0.860. The highest BCUT2D eigenvalue weighted by atomic mass is 32.1. The van der Waals surface area contributed by atoms with Crippen molar-refractivity contribution in [1.82, 2.24) is 0 Å². The van der Waals surface area contributed by atoms with Crippen LogP contribution in [-0.2, 0) is 0 Å². The van der Waals surface area contributed by atoms with Crippen molar-refractivity contribution in [3.05, 3.63) is 224 Å². The van der Waals surface area contributed by atoms with Crippen LogP contribution in [0.5, 0.6) is 0 Å². The fraction of sp³-hybridized carbons (Fsp3) is 0. The lowest BCUT2D eigenvalue weighted by Crippen LogP contribution is -2.12. The van der Waals surface area contributed by atoms with Gasteiger partial charge >= 0.3 is 0 Å². The third kappa shape index (κ3) is 5.91. The first-order chi connectivity index (χ1) is 31.7. The zero-order valence-electron chi connectivity index (χ0n) is 34.5. The molecule has 0 aliphatic carbocycles. The average molecular weight is 852 g/mol. The van der Waals surface area contributed by atoms with Crippen molar-refractivity contribution in [2.24, 2.45) is 0 Å². The lowest BCUT2D eigenvalue weighted by atomic mass is 9.95. The van der Waals surface area contributed by atoms with E-state index in [-0.39, 0.29) is 0 Å². The summed E-state index contributed by atoms with van der Waals surface area (Å²) in [6, 6.07) is 81.6. The van der Waals surface area contributed by atoms with E-state index in [1.54, 1.807) is 0 Å². The summed E-state index contributed by atoms with van der Waals surface area (Å²) in [5.41, 5.74) is 14.7. The molecule has 0 unspecified atom stereocenters. The Balaban J connectivity index is 1.18. The van der Waals surface area contributed by atoms with E-state index in [4.69, 9.17) is 4.42 Å². The molecule has 0 aliphatic heterocycles. The van der Waals surface area contributed by atoms with Crippen LogP contribution in [-0.4, -0.2) is 0 Å². The first kappa shape index (κ1) is 36.9. The van der Waals surface area contributed by atoms with Crippen LogP contribution in [0.2, 0.25) is 0 Å². The summed E-state index contributed by atoms with van der Waals surface area (Å²) < 4.78 is 11.7. The fourth-order valence-corrected chi connectivity index (χ4v) is 12.3. The third-order valence-corrected chi connectivity index (χ3v) is 15.1. The number of rotatable bonds is 7. The van der Waals surface area contributed by atoms with Gasteiger partial charge in [0.05, 0.1) is 11.4 Å². The number of para-hydroxylation sites is 1. The van der Waals surface area contributed by atoms with E-state index in [0.717, 1.165) is 50.1 Å². The Morgan fingerprint density at radius 3 is 1.64 bits per heavy atom. The van der Waals surface area contributed by atoms with Crippen molar-refractivity contribution < 1.29 is 4.42 Å². The molecule has 3 heterocycles. The summed E-state index contributed by atoms with van der Waals surface area (Å²) in [6.45, 7) is 0. The molecule has 0 aliphatic rings. The number of fused-ring (bicyclic) bond motifs is 9. The molecule has 0 radical (unpaired) electrons. The molecule has 300 valence electrons. The molecule has 0 fully saturated rings. The van der Waals surface area contributed by atoms with Crippen molar-refractivity contribution in [3.8, 4) is 44.5 Å². The lowest BCUT2D eigenvalue weighted by molar-refractivity contribution is 0.669. The summed E-state index contributed by atoms with van der Waals surface area (Å²) in [7, 11) is 0. The second kappa shape index (κ2) is 15.0. The largest absolute Gasteiger partial charge is 0.456 e. The van der Waals surface area contributed by atoms with E-state index < -0.39 is 0 Å². The molecule has 10 aromatic carbocycles. The number of nitrogens with zero attached hydrogens (tertiary/aromatic N) is 1. The Morgan fingerprint density at radius 2 is 0.906 bits per heavy atom. The number of hydrogen-bond donors (Lipinski definition) is 0. The van der Waals surface area contributed by atoms with E-state index >= 15 is 0 Å². The number of benzene rings is 10. The second-order valence-electron chi connectivity index (χ2n) is 16.3. The highest BCUT2D eigenvalue weighted by molar-refractivity contribution is 7.27. The van der Waals surface area contributed by atoms with E-state index in [0.29, 0.717) is 0 Å². The lowest BCUT2D eigenvalue weighted by Gasteiger charge is -2.30. The SMILES string of the molecule is c1ccc(-c2ccc3c(c2)sc2c(-c4ccccc4)ccc(N(c4ccc5c(c4)oc4ccccc45)c4c(-c5ccccc5)ccc5sc6c(-c7ccccc7)cccc6c45)c23)cc1. The molecule has 64 heavy (non-hydrogen) atoms. The summed E-state index contributed by atoms with van der Waals surface area (Å²) in [6.07, 6.45) is 0. The van der Waals surface area contributed by atoms with Gasteiger partial charge in [0.15, 0.2) is 0 Å². The number of anilines is 3. The predicted octanol–water partition coefficient (Wildman–Crippen LogP) is 18.5. The van der Waals surface area contributed by atoms with Gasteiger partial charge in [-0.1, -0.05) is 182 Å². The quantitative estimate of drug-likeness (QED) is 0.159. The zero-order chi connectivity index (χ0) is 42.1. The van der Waals surface area contributed by atoms with Gasteiger partial charge in [-0.15, -0.1) is 22.7 Å². The average Bonchev–Trinajstić information content (AvgIpc) is 4.06. The highest BCUT2D eigenvalue weighted by Crippen LogP contribution is 2.55. The van der Waals surface area contributed by atoms with Crippen LogP contribution in [0.15, 0.2) is 229 Å². The first-order valence-electron chi connectivity index (χ1n) is 21.7. The van der Waals surface area contributed by atoms with Gasteiger partial charge in [0, 0.05) is 68.4 Å². The molecule has 2 nitrogen and oxygen atoms in total. The van der Waals surface area contributed by atoms with Crippen LogP contribution >= 0.6 is 22.7 Å². The topological polar surface area (TPSA) is 16.4 Å². The summed E-state index contributed by atoms with van der Waals surface area (Å²) >= 11 is 3.76. The van der Waals surface area contributed by atoms with E-state index in [9.17, 15) is 0 Å². The molecule has 0 N–H and O–H groups in total. The number of thiophene rings is 2. The van der Waals surface area contributed by atoms with Crippen molar-refractivity contribution in [1.29, 1.82) is 0 Å². The molecule has 13 rings (SSSR count). The smallest absolute Gasteiger partial charge is 0.137 e. The molecule has 0 saturated carbocycles. The van der Waals surface area contributed by atoms with Gasteiger partial charge < -0.3 is 9.32 Å². The molecule has 0 spiro atoms. The molecule has 0 amide bonds. The summed E-state index contributed by atoms with van der Waals surface area (Å²) in [5.74, 6) is 0. The monoisotopic (exact) mass is 851 g/mol. The Hall–Kier alpha value is -7.76. The van der Waals surface area contributed by atoms with Crippen LogP contribution in [0.25, 0.3) is 107 Å². The van der Waals surface area contributed by atoms with Gasteiger partial charge in [-0.25, -0.2) is 0 Å². The summed E-state index contributed by atoms with van der Waals surface area (Å²) in [5, 5.41) is 7.16. The Morgan fingerprint density at radius 1 is 0.328 bits per heavy atom. The van der Waals surface area contributed by atoms with Crippen molar-refractivity contribution in [2.75, 3.05) is 4.90 Å². The molecule has 13 aromatic rings. The van der Waals surface area contributed by atoms with E-state index in [1.807, 2.05) is 28.7 Å². The number of furan rings is 1. The van der Waals surface area contributed by atoms with Crippen LogP contribution in [0.1, 0.15) is 0 Å². The third-order valence-electron chi connectivity index (χ3n) is 12.7. The molecule has 4 heteroatoms. The van der Waals surface area contributed by atoms with Crippen molar-refractivity contribution >= 4 is 102 Å². The molecule has 0 bridgehead atoms. The van der Waals surface area contributed by atoms with Gasteiger partial charge in [-0.2, -0.15) is 0 Å². The molecular formula is C60H37NOS2. The molecule has 0 atom stereocenters. The van der Waals surface area contributed by atoms with Crippen LogP contribution in [0.4, 0.5) is 17.1 Å². The maximum absolute atomic E-state index is 6.69. The van der Waals surface area contributed by atoms with Gasteiger partial charge in [0.2, 0.25) is 0 Å². The van der Waals surface area contributed by atoms with Gasteiger partial charge in [0.1, 0.15) is 11.2 Å². The predicted molar refractivity (Wildman–Crippen MR) is 276 cm³/mol. The molecular weight excluding hydrogens is 815 g/mol. The minimum Gasteiger partial charge on any atom is -0.456 e. The molecule has 0 saturated heterocycles. The molecule has 3 aromatic heterocycles. The second-order valence-corrected chi connectivity index (χ2v) is 18.5. The van der Waals surface area contributed by atoms with Crippen LogP contribution in [0.3, 0.4) is 0 Å². The maximum Gasteiger partial charge on any atom is 0.137 e. The minimum atomic E-state index is 0.860. The van der Waals surface area contributed by atoms with Gasteiger partial charge in [0.25, 0.3) is 0 Å². The first-order valence-corrected chi connectivity index (χ1v) is 23.3. The summed E-state index contributed by atoms with van der Waals surface area (Å²) in [4.78, 5) is 2.55. The van der Waals surface area contributed by atoms with Gasteiger partial charge in [-0.05, 0) is 75.3 Å². The maximum atomic E-state index is 6.69. The Bertz CT molecular complexity index is 3890.